The standard InChI is InChI=1S/C32H40ClN3O5S/c1-7-23(4)34-32(38)29(8-2)35(20-25-14-16-26(41-6)17-15-25)31(37)21-36(30-11-9-10-28(33)24(30)5)42(39,40)27-18-12-22(3)13-19-27/h9-19,23,29H,7-8,20-21H2,1-6H3,(H,34,38)/t23-,29-/m1/s1. The van der Waals surface area contributed by atoms with E-state index in [0.717, 1.165) is 21.9 Å². The predicted octanol–water partition coefficient (Wildman–Crippen LogP) is 5.88. The Hall–Kier alpha value is -3.56. The van der Waals surface area contributed by atoms with Gasteiger partial charge in [0.05, 0.1) is 17.7 Å². The van der Waals surface area contributed by atoms with Crippen molar-refractivity contribution in [3.05, 3.63) is 88.4 Å². The van der Waals surface area contributed by atoms with Gasteiger partial charge in [-0.3, -0.25) is 13.9 Å². The molecular weight excluding hydrogens is 574 g/mol. The highest BCUT2D eigenvalue weighted by molar-refractivity contribution is 7.92. The van der Waals surface area contributed by atoms with Gasteiger partial charge in [0.1, 0.15) is 18.3 Å². The van der Waals surface area contributed by atoms with Crippen LogP contribution in [0.4, 0.5) is 5.69 Å². The number of ether oxygens (including phenoxy) is 1. The van der Waals surface area contributed by atoms with Crippen molar-refractivity contribution in [3.8, 4) is 5.75 Å². The molecule has 8 nitrogen and oxygen atoms in total. The summed E-state index contributed by atoms with van der Waals surface area (Å²) in [4.78, 5) is 29.1. The number of hydrogen-bond acceptors (Lipinski definition) is 5. The molecular formula is C32H40ClN3O5S. The zero-order valence-electron chi connectivity index (χ0n) is 25.1. The van der Waals surface area contributed by atoms with Gasteiger partial charge in [-0.2, -0.15) is 0 Å². The highest BCUT2D eigenvalue weighted by Crippen LogP contribution is 2.31. The van der Waals surface area contributed by atoms with Gasteiger partial charge in [-0.15, -0.1) is 0 Å². The number of hydrogen-bond donors (Lipinski definition) is 1. The van der Waals surface area contributed by atoms with Crippen LogP contribution in [-0.4, -0.2) is 50.9 Å². The van der Waals surface area contributed by atoms with Gasteiger partial charge in [0.15, 0.2) is 0 Å². The summed E-state index contributed by atoms with van der Waals surface area (Å²) in [5, 5.41) is 3.35. The number of halogens is 1. The van der Waals surface area contributed by atoms with Crippen LogP contribution in [0.1, 0.15) is 50.3 Å². The van der Waals surface area contributed by atoms with E-state index in [1.165, 1.54) is 17.0 Å². The van der Waals surface area contributed by atoms with Crippen molar-refractivity contribution in [2.75, 3.05) is 18.0 Å². The number of methoxy groups -OCH3 is 1. The van der Waals surface area contributed by atoms with Crippen LogP contribution in [0.3, 0.4) is 0 Å². The van der Waals surface area contributed by atoms with Crippen LogP contribution in [-0.2, 0) is 26.2 Å². The maximum absolute atomic E-state index is 14.2. The molecule has 42 heavy (non-hydrogen) atoms. The molecule has 226 valence electrons. The molecule has 1 N–H and O–H groups in total. The van der Waals surface area contributed by atoms with Gasteiger partial charge < -0.3 is 15.0 Å². The molecule has 0 unspecified atom stereocenters. The van der Waals surface area contributed by atoms with Crippen LogP contribution in [0, 0.1) is 13.8 Å². The largest absolute Gasteiger partial charge is 0.497 e. The molecule has 0 aliphatic heterocycles. The number of amides is 2. The number of sulfonamides is 1. The van der Waals surface area contributed by atoms with Gasteiger partial charge in [-0.1, -0.05) is 61.3 Å². The Morgan fingerprint density at radius 3 is 2.17 bits per heavy atom. The Bertz CT molecular complexity index is 1480. The first-order chi connectivity index (χ1) is 19.9. The first kappa shape index (κ1) is 32.9. The smallest absolute Gasteiger partial charge is 0.264 e. The van der Waals surface area contributed by atoms with Gasteiger partial charge in [0.25, 0.3) is 10.0 Å². The zero-order valence-corrected chi connectivity index (χ0v) is 26.6. The molecule has 0 fully saturated rings. The Balaban J connectivity index is 2.09. The van der Waals surface area contributed by atoms with E-state index in [-0.39, 0.29) is 29.1 Å². The van der Waals surface area contributed by atoms with E-state index in [1.54, 1.807) is 56.5 Å². The van der Waals surface area contributed by atoms with Gasteiger partial charge in [-0.05, 0) is 81.1 Å². The lowest BCUT2D eigenvalue weighted by Crippen LogP contribution is -2.53. The Morgan fingerprint density at radius 2 is 1.60 bits per heavy atom. The molecule has 10 heteroatoms. The summed E-state index contributed by atoms with van der Waals surface area (Å²) in [6.45, 7) is 8.85. The summed E-state index contributed by atoms with van der Waals surface area (Å²) in [5.74, 6) is -0.155. The molecule has 0 aliphatic carbocycles. The summed E-state index contributed by atoms with van der Waals surface area (Å²) < 4.78 is 34.5. The van der Waals surface area contributed by atoms with Crippen molar-refractivity contribution in [2.24, 2.45) is 0 Å². The molecule has 3 aromatic rings. The average Bonchev–Trinajstić information content (AvgIpc) is 2.97. The molecule has 3 rings (SSSR count). The number of nitrogens with zero attached hydrogens (tertiary/aromatic N) is 2. The van der Waals surface area contributed by atoms with E-state index >= 15 is 0 Å². The minimum absolute atomic E-state index is 0.0449. The second-order valence-electron chi connectivity index (χ2n) is 10.3. The molecule has 0 aromatic heterocycles. The molecule has 0 aliphatic rings. The van der Waals surface area contributed by atoms with Crippen molar-refractivity contribution in [2.45, 2.75) is 71.0 Å². The first-order valence-electron chi connectivity index (χ1n) is 14.0. The molecule has 0 saturated heterocycles. The monoisotopic (exact) mass is 613 g/mol. The zero-order chi connectivity index (χ0) is 31.0. The van der Waals surface area contributed by atoms with Crippen LogP contribution in [0.15, 0.2) is 71.6 Å². The normalized spacial score (nSPS) is 12.7. The predicted molar refractivity (Wildman–Crippen MR) is 167 cm³/mol. The fourth-order valence-electron chi connectivity index (χ4n) is 4.51. The van der Waals surface area contributed by atoms with Gasteiger partial charge in [0, 0.05) is 17.6 Å². The Labute approximate surface area is 254 Å². The van der Waals surface area contributed by atoms with Crippen LogP contribution in [0.5, 0.6) is 5.75 Å². The molecule has 0 saturated carbocycles. The van der Waals surface area contributed by atoms with Crippen LogP contribution >= 0.6 is 11.6 Å². The number of carbonyl (C=O) groups excluding carboxylic acids is 2. The summed E-state index contributed by atoms with van der Waals surface area (Å²) in [5.41, 5.74) is 2.48. The SMILES string of the molecule is CC[C@@H](C)NC(=O)[C@@H](CC)N(Cc1ccc(OC)cc1)C(=O)CN(c1cccc(Cl)c1C)S(=O)(=O)c1ccc(C)cc1. The van der Waals surface area contributed by atoms with Crippen LogP contribution in [0.2, 0.25) is 5.02 Å². The molecule has 3 aromatic carbocycles. The third kappa shape index (κ3) is 7.83. The van der Waals surface area contributed by atoms with Crippen molar-refractivity contribution in [1.82, 2.24) is 10.2 Å². The summed E-state index contributed by atoms with van der Waals surface area (Å²) >= 11 is 6.40. The molecule has 2 amide bonds. The first-order valence-corrected chi connectivity index (χ1v) is 15.8. The number of carbonyl (C=O) groups is 2. The second-order valence-corrected chi connectivity index (χ2v) is 12.6. The minimum Gasteiger partial charge on any atom is -0.497 e. The minimum atomic E-state index is -4.19. The third-order valence-electron chi connectivity index (χ3n) is 7.29. The number of aryl methyl sites for hydroxylation is 1. The lowest BCUT2D eigenvalue weighted by Gasteiger charge is -2.34. The summed E-state index contributed by atoms with van der Waals surface area (Å²) in [6, 6.07) is 17.7. The number of anilines is 1. The lowest BCUT2D eigenvalue weighted by molar-refractivity contribution is -0.140. The fraction of sp³-hybridized carbons (Fsp3) is 0.375. The second kappa shape index (κ2) is 14.6. The molecule has 0 spiro atoms. The van der Waals surface area contributed by atoms with Crippen molar-refractivity contribution < 1.29 is 22.7 Å². The lowest BCUT2D eigenvalue weighted by atomic mass is 10.1. The average molecular weight is 614 g/mol. The van der Waals surface area contributed by atoms with Crippen molar-refractivity contribution in [1.29, 1.82) is 0 Å². The van der Waals surface area contributed by atoms with E-state index in [2.05, 4.69) is 5.32 Å². The van der Waals surface area contributed by atoms with E-state index < -0.39 is 28.5 Å². The highest BCUT2D eigenvalue weighted by Gasteiger charge is 2.34. The highest BCUT2D eigenvalue weighted by atomic mass is 35.5. The summed E-state index contributed by atoms with van der Waals surface area (Å²) in [7, 11) is -2.62. The third-order valence-corrected chi connectivity index (χ3v) is 9.48. The van der Waals surface area contributed by atoms with Crippen molar-refractivity contribution in [3.63, 3.8) is 0 Å². The van der Waals surface area contributed by atoms with E-state index in [4.69, 9.17) is 16.3 Å². The maximum atomic E-state index is 14.2. The van der Waals surface area contributed by atoms with Gasteiger partial charge in [0.2, 0.25) is 11.8 Å². The van der Waals surface area contributed by atoms with Crippen molar-refractivity contribution >= 4 is 39.1 Å². The van der Waals surface area contributed by atoms with E-state index in [9.17, 15) is 18.0 Å². The Kier molecular flexibility index (Phi) is 11.4. The Morgan fingerprint density at radius 1 is 0.952 bits per heavy atom. The topological polar surface area (TPSA) is 96.0 Å². The van der Waals surface area contributed by atoms with Crippen LogP contribution in [0.25, 0.3) is 0 Å². The van der Waals surface area contributed by atoms with Gasteiger partial charge in [-0.25, -0.2) is 8.42 Å². The molecule has 0 radical (unpaired) electrons. The quantitative estimate of drug-likeness (QED) is 0.260. The molecule has 0 heterocycles. The molecule has 2 atom stereocenters. The number of benzene rings is 3. The van der Waals surface area contributed by atoms with Gasteiger partial charge >= 0.3 is 0 Å². The van der Waals surface area contributed by atoms with E-state index in [1.807, 2.05) is 39.8 Å². The fourth-order valence-corrected chi connectivity index (χ4v) is 6.15. The maximum Gasteiger partial charge on any atom is 0.264 e. The molecule has 0 bridgehead atoms. The van der Waals surface area contributed by atoms with Crippen LogP contribution < -0.4 is 14.4 Å². The number of nitrogens with one attached hydrogen (secondary N) is 1. The summed E-state index contributed by atoms with van der Waals surface area (Å²) in [6.07, 6.45) is 1.07. The number of rotatable bonds is 13. The van der Waals surface area contributed by atoms with E-state index in [0.29, 0.717) is 22.8 Å².